The summed E-state index contributed by atoms with van der Waals surface area (Å²) in [4.78, 5) is 13.3. The lowest BCUT2D eigenvalue weighted by Gasteiger charge is -2.27. The van der Waals surface area contributed by atoms with Crippen LogP contribution >= 0.6 is 0 Å². The molecule has 0 bridgehead atoms. The van der Waals surface area contributed by atoms with Gasteiger partial charge in [-0.2, -0.15) is 0 Å². The van der Waals surface area contributed by atoms with E-state index in [0.717, 1.165) is 24.2 Å². The molecule has 0 N–H and O–H groups in total. The van der Waals surface area contributed by atoms with Crippen LogP contribution in [-0.2, 0) is 0 Å². The second-order valence-electron chi connectivity index (χ2n) is 8.74. The van der Waals surface area contributed by atoms with Crippen molar-refractivity contribution in [2.75, 3.05) is 0 Å². The second kappa shape index (κ2) is 10.7. The zero-order valence-electron chi connectivity index (χ0n) is 18.7. The Labute approximate surface area is 185 Å². The fraction of sp³-hybridized carbons (Fsp3) is 0.464. The van der Waals surface area contributed by atoms with Gasteiger partial charge in [-0.05, 0) is 37.1 Å². The SMILES string of the molecule is CCCCCCCCCCCC[C@@H]1Oc2ccccc2-c2oc3ccccc3c(=O)c21. The molecule has 3 heteroatoms. The lowest BCUT2D eigenvalue weighted by atomic mass is 9.93. The van der Waals surface area contributed by atoms with E-state index >= 15 is 0 Å². The van der Waals surface area contributed by atoms with Crippen molar-refractivity contribution in [3.63, 3.8) is 0 Å². The number of ether oxygens (including phenoxy) is 1. The van der Waals surface area contributed by atoms with E-state index in [1.807, 2.05) is 48.5 Å². The number of fused-ring (bicyclic) bond motifs is 4. The molecular formula is C28H34O3. The fourth-order valence-electron chi connectivity index (χ4n) is 4.64. The predicted molar refractivity (Wildman–Crippen MR) is 128 cm³/mol. The van der Waals surface area contributed by atoms with Gasteiger partial charge in [0.25, 0.3) is 0 Å². The quantitative estimate of drug-likeness (QED) is 0.295. The number of unbranched alkanes of at least 4 members (excludes halogenated alkanes) is 9. The van der Waals surface area contributed by atoms with Gasteiger partial charge in [0.2, 0.25) is 0 Å². The highest BCUT2D eigenvalue weighted by Crippen LogP contribution is 2.43. The van der Waals surface area contributed by atoms with Crippen LogP contribution in [0.15, 0.2) is 57.7 Å². The molecule has 164 valence electrons. The minimum atomic E-state index is -0.236. The minimum Gasteiger partial charge on any atom is -0.485 e. The van der Waals surface area contributed by atoms with Crippen molar-refractivity contribution in [1.82, 2.24) is 0 Å². The summed E-state index contributed by atoms with van der Waals surface area (Å²) in [5.74, 6) is 1.49. The van der Waals surface area contributed by atoms with Gasteiger partial charge in [0.1, 0.15) is 23.2 Å². The second-order valence-corrected chi connectivity index (χ2v) is 8.74. The molecule has 0 saturated carbocycles. The molecular weight excluding hydrogens is 384 g/mol. The Morgan fingerprint density at radius 2 is 1.42 bits per heavy atom. The van der Waals surface area contributed by atoms with Crippen LogP contribution in [-0.4, -0.2) is 0 Å². The van der Waals surface area contributed by atoms with Crippen molar-refractivity contribution >= 4 is 11.0 Å². The monoisotopic (exact) mass is 418 g/mol. The molecule has 3 nitrogen and oxygen atoms in total. The Morgan fingerprint density at radius 3 is 2.19 bits per heavy atom. The zero-order chi connectivity index (χ0) is 21.5. The highest BCUT2D eigenvalue weighted by Gasteiger charge is 2.31. The molecule has 3 aromatic rings. The van der Waals surface area contributed by atoms with Gasteiger partial charge in [0, 0.05) is 0 Å². The molecule has 31 heavy (non-hydrogen) atoms. The van der Waals surface area contributed by atoms with Gasteiger partial charge in [-0.3, -0.25) is 4.79 Å². The van der Waals surface area contributed by atoms with E-state index in [1.54, 1.807) is 0 Å². The molecule has 0 saturated heterocycles. The lowest BCUT2D eigenvalue weighted by Crippen LogP contribution is -2.23. The number of hydrogen-bond donors (Lipinski definition) is 0. The third kappa shape index (κ3) is 5.03. The summed E-state index contributed by atoms with van der Waals surface area (Å²) in [7, 11) is 0. The van der Waals surface area contributed by atoms with Gasteiger partial charge < -0.3 is 9.15 Å². The van der Waals surface area contributed by atoms with Crippen molar-refractivity contribution in [3.8, 4) is 17.1 Å². The van der Waals surface area contributed by atoms with Crippen molar-refractivity contribution in [1.29, 1.82) is 0 Å². The maximum atomic E-state index is 13.3. The number of para-hydroxylation sites is 2. The Morgan fingerprint density at radius 1 is 0.774 bits per heavy atom. The van der Waals surface area contributed by atoms with Crippen LogP contribution in [0.5, 0.6) is 5.75 Å². The first-order valence-electron chi connectivity index (χ1n) is 12.1. The average Bonchev–Trinajstić information content (AvgIpc) is 2.80. The Balaban J connectivity index is 1.41. The molecule has 0 fully saturated rings. The summed E-state index contributed by atoms with van der Waals surface area (Å²) >= 11 is 0. The Bertz CT molecular complexity index is 1050. The van der Waals surface area contributed by atoms with E-state index < -0.39 is 0 Å². The van der Waals surface area contributed by atoms with E-state index in [2.05, 4.69) is 6.92 Å². The van der Waals surface area contributed by atoms with Crippen molar-refractivity contribution in [3.05, 3.63) is 64.3 Å². The Kier molecular flexibility index (Phi) is 7.45. The van der Waals surface area contributed by atoms with Crippen molar-refractivity contribution in [2.45, 2.75) is 83.7 Å². The third-order valence-corrected chi connectivity index (χ3v) is 6.38. The number of rotatable bonds is 11. The molecule has 1 aromatic heterocycles. The topological polar surface area (TPSA) is 39.4 Å². The van der Waals surface area contributed by atoms with Gasteiger partial charge >= 0.3 is 0 Å². The first-order chi connectivity index (χ1) is 15.3. The van der Waals surface area contributed by atoms with Crippen LogP contribution in [0.2, 0.25) is 0 Å². The van der Waals surface area contributed by atoms with Crippen LogP contribution in [0.25, 0.3) is 22.3 Å². The van der Waals surface area contributed by atoms with E-state index in [-0.39, 0.29) is 11.5 Å². The largest absolute Gasteiger partial charge is 0.485 e. The van der Waals surface area contributed by atoms with E-state index in [4.69, 9.17) is 9.15 Å². The molecule has 0 amide bonds. The summed E-state index contributed by atoms with van der Waals surface area (Å²) in [5, 5.41) is 0.636. The first kappa shape index (κ1) is 21.7. The lowest BCUT2D eigenvalue weighted by molar-refractivity contribution is 0.182. The summed E-state index contributed by atoms with van der Waals surface area (Å²) in [6.45, 7) is 2.26. The van der Waals surface area contributed by atoms with Gasteiger partial charge in [0.15, 0.2) is 5.43 Å². The number of benzene rings is 2. The van der Waals surface area contributed by atoms with Crippen molar-refractivity contribution < 1.29 is 9.15 Å². The van der Waals surface area contributed by atoms with E-state index in [0.29, 0.717) is 22.3 Å². The standard InChI is InChI=1S/C28H34O3/c1-2-3-4-5-6-7-8-9-10-11-20-25-26-27(29)21-16-12-14-18-23(21)31-28(26)22-17-13-15-19-24(22)30-25/h12-19,25H,2-11,20H2,1H3/t25-/m0/s1. The fourth-order valence-corrected chi connectivity index (χ4v) is 4.64. The molecule has 0 spiro atoms. The molecule has 2 heterocycles. The third-order valence-electron chi connectivity index (χ3n) is 6.38. The molecule has 0 aliphatic carbocycles. The molecule has 2 aromatic carbocycles. The number of hydrogen-bond acceptors (Lipinski definition) is 3. The van der Waals surface area contributed by atoms with Gasteiger partial charge in [-0.15, -0.1) is 0 Å². The highest BCUT2D eigenvalue weighted by atomic mass is 16.5. The molecule has 1 aliphatic heterocycles. The maximum absolute atomic E-state index is 13.3. The van der Waals surface area contributed by atoms with Crippen LogP contribution in [0.4, 0.5) is 0 Å². The van der Waals surface area contributed by atoms with Crippen molar-refractivity contribution in [2.24, 2.45) is 0 Å². The molecule has 4 rings (SSSR count). The predicted octanol–water partition coefficient (Wildman–Crippen LogP) is 8.20. The zero-order valence-corrected chi connectivity index (χ0v) is 18.7. The molecule has 0 unspecified atom stereocenters. The van der Waals surface area contributed by atoms with Crippen LogP contribution in [0, 0.1) is 0 Å². The summed E-state index contributed by atoms with van der Waals surface area (Å²) in [6, 6.07) is 15.4. The summed E-state index contributed by atoms with van der Waals surface area (Å²) < 4.78 is 12.6. The van der Waals surface area contributed by atoms with Gasteiger partial charge in [-0.25, -0.2) is 0 Å². The van der Waals surface area contributed by atoms with Crippen LogP contribution in [0.3, 0.4) is 0 Å². The Hall–Kier alpha value is -2.55. The van der Waals surface area contributed by atoms with Gasteiger partial charge in [-0.1, -0.05) is 89.0 Å². The average molecular weight is 419 g/mol. The maximum Gasteiger partial charge on any atom is 0.200 e. The normalized spacial score (nSPS) is 14.8. The van der Waals surface area contributed by atoms with Crippen LogP contribution < -0.4 is 10.2 Å². The molecule has 0 radical (unpaired) electrons. The summed E-state index contributed by atoms with van der Waals surface area (Å²) in [5.41, 5.74) is 2.25. The molecule has 1 aliphatic rings. The van der Waals surface area contributed by atoms with E-state index in [1.165, 1.54) is 57.8 Å². The highest BCUT2D eigenvalue weighted by molar-refractivity contribution is 5.82. The molecule has 1 atom stereocenters. The van der Waals surface area contributed by atoms with E-state index in [9.17, 15) is 4.79 Å². The van der Waals surface area contributed by atoms with Gasteiger partial charge in [0.05, 0.1) is 16.5 Å². The first-order valence-corrected chi connectivity index (χ1v) is 12.1. The summed E-state index contributed by atoms with van der Waals surface area (Å²) in [6.07, 6.45) is 13.6. The smallest absolute Gasteiger partial charge is 0.200 e. The minimum absolute atomic E-state index is 0.0448. The van der Waals surface area contributed by atoms with Crippen LogP contribution in [0.1, 0.15) is 89.2 Å².